The summed E-state index contributed by atoms with van der Waals surface area (Å²) < 4.78 is 39.6. The van der Waals surface area contributed by atoms with Gasteiger partial charge in [0, 0.05) is 29.2 Å². The number of rotatable bonds is 12. The van der Waals surface area contributed by atoms with Crippen LogP contribution in [0.2, 0.25) is 10.0 Å². The van der Waals surface area contributed by atoms with Gasteiger partial charge in [-0.2, -0.15) is 0 Å². The van der Waals surface area contributed by atoms with Gasteiger partial charge in [-0.15, -0.1) is 0 Å². The topological polar surface area (TPSA) is 105 Å². The van der Waals surface area contributed by atoms with E-state index in [0.29, 0.717) is 27.9 Å². The molecule has 0 spiro atoms. The number of nitrogens with zero attached hydrogens (tertiary/aromatic N) is 2. The average Bonchev–Trinajstić information content (AvgIpc) is 2.95. The molecule has 214 valence electrons. The summed E-state index contributed by atoms with van der Waals surface area (Å²) in [5.41, 5.74) is 0.626. The SMILES string of the molecule is CCNC(=O)[C@H](C)N(Cc1ccc(Cl)cc1Cl)C(=O)CN(c1cc(OC)ccc1OC)S(=O)(=O)c1ccccc1. The van der Waals surface area contributed by atoms with Crippen molar-refractivity contribution in [3.8, 4) is 11.5 Å². The predicted molar refractivity (Wildman–Crippen MR) is 156 cm³/mol. The molecule has 0 unspecified atom stereocenters. The molecule has 0 bridgehead atoms. The zero-order valence-corrected chi connectivity index (χ0v) is 24.9. The summed E-state index contributed by atoms with van der Waals surface area (Å²) in [5.74, 6) is -0.485. The van der Waals surface area contributed by atoms with E-state index in [4.69, 9.17) is 32.7 Å². The minimum atomic E-state index is -4.28. The molecule has 2 amide bonds. The Kier molecular flexibility index (Phi) is 10.7. The fourth-order valence-electron chi connectivity index (χ4n) is 3.96. The number of ether oxygens (including phenoxy) is 2. The summed E-state index contributed by atoms with van der Waals surface area (Å²) in [6.07, 6.45) is 0. The van der Waals surface area contributed by atoms with Crippen LogP contribution < -0.4 is 19.1 Å². The summed E-state index contributed by atoms with van der Waals surface area (Å²) in [4.78, 5) is 28.1. The molecule has 0 radical (unpaired) electrons. The summed E-state index contributed by atoms with van der Waals surface area (Å²) in [6.45, 7) is 2.96. The number of nitrogens with one attached hydrogen (secondary N) is 1. The van der Waals surface area contributed by atoms with Crippen molar-refractivity contribution < 1.29 is 27.5 Å². The number of amides is 2. The minimum Gasteiger partial charge on any atom is -0.497 e. The number of hydrogen-bond acceptors (Lipinski definition) is 6. The van der Waals surface area contributed by atoms with Crippen LogP contribution in [0.25, 0.3) is 0 Å². The van der Waals surface area contributed by atoms with Gasteiger partial charge in [-0.25, -0.2) is 8.42 Å². The normalized spacial score (nSPS) is 11.8. The lowest BCUT2D eigenvalue weighted by atomic mass is 10.1. The molecular formula is C28H31Cl2N3O6S. The van der Waals surface area contributed by atoms with Crippen LogP contribution in [0.1, 0.15) is 19.4 Å². The van der Waals surface area contributed by atoms with E-state index >= 15 is 0 Å². The third kappa shape index (κ3) is 7.18. The van der Waals surface area contributed by atoms with Gasteiger partial charge < -0.3 is 19.7 Å². The van der Waals surface area contributed by atoms with Crippen LogP contribution in [0.15, 0.2) is 71.6 Å². The predicted octanol–water partition coefficient (Wildman–Crippen LogP) is 4.76. The maximum atomic E-state index is 14.0. The van der Waals surface area contributed by atoms with E-state index in [1.807, 2.05) is 0 Å². The molecule has 0 saturated heterocycles. The number of halogens is 2. The lowest BCUT2D eigenvalue weighted by Gasteiger charge is -2.32. The highest BCUT2D eigenvalue weighted by atomic mass is 35.5. The highest BCUT2D eigenvalue weighted by molar-refractivity contribution is 7.92. The maximum absolute atomic E-state index is 14.0. The zero-order valence-electron chi connectivity index (χ0n) is 22.6. The van der Waals surface area contributed by atoms with E-state index in [0.717, 1.165) is 4.31 Å². The summed E-state index contributed by atoms with van der Waals surface area (Å²) in [6, 6.07) is 16.2. The molecule has 1 atom stereocenters. The second-order valence-electron chi connectivity index (χ2n) is 8.69. The molecule has 12 heteroatoms. The van der Waals surface area contributed by atoms with Gasteiger partial charge in [0.05, 0.1) is 24.8 Å². The Morgan fingerprint density at radius 1 is 0.975 bits per heavy atom. The van der Waals surface area contributed by atoms with Crippen molar-refractivity contribution in [2.45, 2.75) is 31.3 Å². The fraction of sp³-hybridized carbons (Fsp3) is 0.286. The van der Waals surface area contributed by atoms with Crippen molar-refractivity contribution in [3.63, 3.8) is 0 Å². The van der Waals surface area contributed by atoms with Gasteiger partial charge in [-0.3, -0.25) is 13.9 Å². The van der Waals surface area contributed by atoms with Crippen LogP contribution in [0.3, 0.4) is 0 Å². The summed E-state index contributed by atoms with van der Waals surface area (Å²) in [7, 11) is -1.44. The molecule has 0 saturated carbocycles. The van der Waals surface area contributed by atoms with E-state index < -0.39 is 34.4 Å². The van der Waals surface area contributed by atoms with Gasteiger partial charge >= 0.3 is 0 Å². The second kappa shape index (κ2) is 13.7. The second-order valence-corrected chi connectivity index (χ2v) is 11.4. The van der Waals surface area contributed by atoms with Crippen LogP contribution in [0, 0.1) is 0 Å². The molecule has 0 aliphatic rings. The van der Waals surface area contributed by atoms with E-state index in [2.05, 4.69) is 5.32 Å². The number of likely N-dealkylation sites (N-methyl/N-ethyl adjacent to an activating group) is 1. The van der Waals surface area contributed by atoms with E-state index in [-0.39, 0.29) is 22.9 Å². The Bertz CT molecular complexity index is 1450. The van der Waals surface area contributed by atoms with Crippen LogP contribution in [-0.2, 0) is 26.2 Å². The fourth-order valence-corrected chi connectivity index (χ4v) is 5.87. The number of carbonyl (C=O) groups excluding carboxylic acids is 2. The largest absolute Gasteiger partial charge is 0.497 e. The van der Waals surface area contributed by atoms with Gasteiger partial charge in [0.2, 0.25) is 11.8 Å². The first-order valence-electron chi connectivity index (χ1n) is 12.3. The van der Waals surface area contributed by atoms with Crippen molar-refractivity contribution in [3.05, 3.63) is 82.3 Å². The number of carbonyl (C=O) groups is 2. The average molecular weight is 609 g/mol. The van der Waals surface area contributed by atoms with Crippen molar-refractivity contribution in [1.82, 2.24) is 10.2 Å². The lowest BCUT2D eigenvalue weighted by Crippen LogP contribution is -2.51. The molecular weight excluding hydrogens is 577 g/mol. The van der Waals surface area contributed by atoms with Gasteiger partial charge in [0.1, 0.15) is 24.1 Å². The number of methoxy groups -OCH3 is 2. The summed E-state index contributed by atoms with van der Waals surface area (Å²) >= 11 is 12.4. The Labute approximate surface area is 244 Å². The van der Waals surface area contributed by atoms with Gasteiger partial charge in [0.15, 0.2) is 0 Å². The number of hydrogen-bond donors (Lipinski definition) is 1. The first kappa shape index (κ1) is 31.1. The Hall–Kier alpha value is -3.47. The molecule has 0 heterocycles. The number of benzene rings is 3. The van der Waals surface area contributed by atoms with Crippen molar-refractivity contribution in [2.75, 3.05) is 31.6 Å². The molecule has 3 aromatic rings. The maximum Gasteiger partial charge on any atom is 0.264 e. The Balaban J connectivity index is 2.13. The number of sulfonamides is 1. The van der Waals surface area contributed by atoms with Crippen LogP contribution in [0.5, 0.6) is 11.5 Å². The summed E-state index contributed by atoms with van der Waals surface area (Å²) in [5, 5.41) is 3.42. The molecule has 3 rings (SSSR count). The third-order valence-electron chi connectivity index (χ3n) is 6.14. The molecule has 0 aliphatic heterocycles. The van der Waals surface area contributed by atoms with Crippen molar-refractivity contribution in [2.24, 2.45) is 0 Å². The lowest BCUT2D eigenvalue weighted by molar-refractivity contribution is -0.139. The third-order valence-corrected chi connectivity index (χ3v) is 8.50. The smallest absolute Gasteiger partial charge is 0.264 e. The minimum absolute atomic E-state index is 0.0308. The van der Waals surface area contributed by atoms with Gasteiger partial charge in [-0.05, 0) is 55.8 Å². The first-order valence-corrected chi connectivity index (χ1v) is 14.5. The molecule has 0 aliphatic carbocycles. The van der Waals surface area contributed by atoms with Crippen molar-refractivity contribution in [1.29, 1.82) is 0 Å². The Morgan fingerprint density at radius 2 is 1.68 bits per heavy atom. The molecule has 40 heavy (non-hydrogen) atoms. The van der Waals surface area contributed by atoms with E-state index in [9.17, 15) is 18.0 Å². The van der Waals surface area contributed by atoms with Crippen LogP contribution in [0.4, 0.5) is 5.69 Å². The first-order chi connectivity index (χ1) is 19.0. The highest BCUT2D eigenvalue weighted by Gasteiger charge is 2.34. The molecule has 0 aromatic heterocycles. The highest BCUT2D eigenvalue weighted by Crippen LogP contribution is 2.36. The van der Waals surface area contributed by atoms with Gasteiger partial charge in [0.25, 0.3) is 10.0 Å². The quantitative estimate of drug-likeness (QED) is 0.318. The standard InChI is InChI=1S/C28H31Cl2N3O6S/c1-5-31-28(35)19(2)32(17-20-11-12-21(29)15-24(20)30)27(34)18-33(40(36,37)23-9-7-6-8-10-23)25-16-22(38-3)13-14-26(25)39-4/h6-16,19H,5,17-18H2,1-4H3,(H,31,35)/t19-/m0/s1. The van der Waals surface area contributed by atoms with Crippen LogP contribution in [-0.4, -0.2) is 58.5 Å². The zero-order chi connectivity index (χ0) is 29.4. The molecule has 0 fully saturated rings. The van der Waals surface area contributed by atoms with Crippen LogP contribution >= 0.6 is 23.2 Å². The molecule has 9 nitrogen and oxygen atoms in total. The van der Waals surface area contributed by atoms with E-state index in [1.165, 1.54) is 43.4 Å². The van der Waals surface area contributed by atoms with Crippen molar-refractivity contribution >= 4 is 50.7 Å². The number of anilines is 1. The van der Waals surface area contributed by atoms with E-state index in [1.54, 1.807) is 56.3 Å². The van der Waals surface area contributed by atoms with Gasteiger partial charge in [-0.1, -0.05) is 47.5 Å². The monoisotopic (exact) mass is 607 g/mol. The Morgan fingerprint density at radius 3 is 2.27 bits per heavy atom. The molecule has 1 N–H and O–H groups in total. The molecule has 3 aromatic carbocycles.